The topological polar surface area (TPSA) is 121 Å². The Balaban J connectivity index is 1.17. The number of aromatic nitrogens is 5. The van der Waals surface area contributed by atoms with Crippen molar-refractivity contribution in [2.75, 3.05) is 62.3 Å². The van der Waals surface area contributed by atoms with E-state index in [0.29, 0.717) is 45.3 Å². The zero-order valence-electron chi connectivity index (χ0n) is 23.0. The second kappa shape index (κ2) is 11.1. The third-order valence-electron chi connectivity index (χ3n) is 7.69. The highest BCUT2D eigenvalue weighted by Gasteiger charge is 2.23. The molecule has 214 valence electrons. The van der Waals surface area contributed by atoms with Gasteiger partial charge in [-0.05, 0) is 24.3 Å². The Morgan fingerprint density at radius 3 is 2.50 bits per heavy atom. The number of hydrogen-bond donors (Lipinski definition) is 1. The maximum atomic E-state index is 11.3. The van der Waals surface area contributed by atoms with Gasteiger partial charge in [0.15, 0.2) is 11.5 Å². The van der Waals surface area contributed by atoms with E-state index < -0.39 is 6.09 Å². The third-order valence-corrected chi connectivity index (χ3v) is 7.69. The first-order valence-electron chi connectivity index (χ1n) is 14.0. The van der Waals surface area contributed by atoms with Crippen molar-refractivity contribution in [1.29, 1.82) is 0 Å². The van der Waals surface area contributed by atoms with Crippen molar-refractivity contribution < 1.29 is 19.4 Å². The highest BCUT2D eigenvalue weighted by molar-refractivity contribution is 5.78. The number of imidazole rings is 1. The van der Waals surface area contributed by atoms with Gasteiger partial charge in [-0.3, -0.25) is 4.40 Å². The van der Waals surface area contributed by atoms with Gasteiger partial charge >= 0.3 is 6.09 Å². The summed E-state index contributed by atoms with van der Waals surface area (Å²) in [6, 6.07) is 15.8. The fraction of sp³-hybridized carbons (Fsp3) is 0.300. The van der Waals surface area contributed by atoms with E-state index in [1.165, 1.54) is 4.90 Å². The number of benzene rings is 1. The third kappa shape index (κ3) is 5.12. The molecular weight excluding hydrogens is 536 g/mol. The number of piperazine rings is 1. The molecule has 2 saturated heterocycles. The molecule has 0 saturated carbocycles. The molecule has 0 radical (unpaired) electrons. The Bertz CT molecular complexity index is 1730. The van der Waals surface area contributed by atoms with E-state index in [0.717, 1.165) is 58.2 Å². The minimum absolute atomic E-state index is 0.258. The second-order valence-corrected chi connectivity index (χ2v) is 10.3. The van der Waals surface area contributed by atoms with Crippen LogP contribution in [0, 0.1) is 0 Å². The number of rotatable bonds is 6. The first-order valence-corrected chi connectivity index (χ1v) is 14.0. The minimum atomic E-state index is -0.881. The quantitative estimate of drug-likeness (QED) is 0.327. The van der Waals surface area contributed by atoms with E-state index in [4.69, 9.17) is 24.4 Å². The fourth-order valence-electron chi connectivity index (χ4n) is 5.42. The summed E-state index contributed by atoms with van der Waals surface area (Å²) in [4.78, 5) is 36.1. The Kier molecular flexibility index (Phi) is 6.88. The molecule has 12 heteroatoms. The molecule has 1 aromatic carbocycles. The molecule has 0 aliphatic carbocycles. The second-order valence-electron chi connectivity index (χ2n) is 10.3. The van der Waals surface area contributed by atoms with Crippen LogP contribution in [0.3, 0.4) is 0 Å². The molecule has 1 amide bonds. The molecule has 2 aliphatic rings. The molecule has 0 unspecified atom stereocenters. The lowest BCUT2D eigenvalue weighted by Gasteiger charge is -2.33. The van der Waals surface area contributed by atoms with Crippen LogP contribution < -0.4 is 14.5 Å². The molecule has 2 fully saturated rings. The van der Waals surface area contributed by atoms with Gasteiger partial charge in [-0.15, -0.1) is 0 Å². The van der Waals surface area contributed by atoms with Gasteiger partial charge in [0.2, 0.25) is 5.88 Å². The van der Waals surface area contributed by atoms with Crippen LogP contribution in [0.15, 0.2) is 67.1 Å². The van der Waals surface area contributed by atoms with Crippen molar-refractivity contribution >= 4 is 34.3 Å². The number of morpholine rings is 1. The van der Waals surface area contributed by atoms with Gasteiger partial charge in [-0.2, -0.15) is 0 Å². The van der Waals surface area contributed by atoms with Crippen LogP contribution in [-0.2, 0) is 11.3 Å². The van der Waals surface area contributed by atoms with E-state index in [1.807, 2.05) is 71.5 Å². The van der Waals surface area contributed by atoms with Crippen molar-refractivity contribution in [2.24, 2.45) is 0 Å². The molecule has 12 nitrogen and oxygen atoms in total. The number of hydrogen-bond acceptors (Lipinski definition) is 9. The smallest absolute Gasteiger partial charge is 0.407 e. The lowest BCUT2D eigenvalue weighted by Crippen LogP contribution is -2.48. The number of ether oxygens (including phenoxy) is 2. The Morgan fingerprint density at radius 1 is 0.881 bits per heavy atom. The number of para-hydroxylation sites is 1. The summed E-state index contributed by atoms with van der Waals surface area (Å²) < 4.78 is 13.7. The number of pyridine rings is 2. The normalized spacial score (nSPS) is 15.9. The van der Waals surface area contributed by atoms with Crippen molar-refractivity contribution in [1.82, 2.24) is 29.2 Å². The number of amides is 1. The van der Waals surface area contributed by atoms with Gasteiger partial charge in [0.25, 0.3) is 0 Å². The molecule has 2 aliphatic heterocycles. The van der Waals surface area contributed by atoms with Gasteiger partial charge in [0, 0.05) is 68.7 Å². The summed E-state index contributed by atoms with van der Waals surface area (Å²) in [6.45, 7) is 5.17. The van der Waals surface area contributed by atoms with E-state index >= 15 is 0 Å². The maximum absolute atomic E-state index is 11.3. The van der Waals surface area contributed by atoms with Gasteiger partial charge in [-0.25, -0.2) is 24.7 Å². The molecular formula is C30H30N8O4. The molecule has 0 atom stereocenters. The summed E-state index contributed by atoms with van der Waals surface area (Å²) in [5, 5.41) is 10.3. The lowest BCUT2D eigenvalue weighted by atomic mass is 10.2. The van der Waals surface area contributed by atoms with Crippen LogP contribution >= 0.6 is 0 Å². The molecule has 42 heavy (non-hydrogen) atoms. The van der Waals surface area contributed by atoms with Crippen LogP contribution in [0.2, 0.25) is 0 Å². The molecule has 0 spiro atoms. The van der Waals surface area contributed by atoms with Gasteiger partial charge < -0.3 is 29.3 Å². The standard InChI is InChI=1S/C30H30N8O4/c39-30(40)37-11-9-35(10-12-37)26-7-5-22(17-31-26)25-18-32-28(36-13-15-41-16-14-36)29-33-23(19-38(25)29)20-42-27-8-6-21-3-1-2-4-24(21)34-27/h1-8,17-19H,9-16,20H2,(H,39,40). The van der Waals surface area contributed by atoms with E-state index in [9.17, 15) is 9.90 Å². The van der Waals surface area contributed by atoms with E-state index in [1.54, 1.807) is 0 Å². The van der Waals surface area contributed by atoms with Gasteiger partial charge in [-0.1, -0.05) is 18.2 Å². The van der Waals surface area contributed by atoms with Gasteiger partial charge in [0.05, 0.1) is 36.3 Å². The SMILES string of the molecule is O=C(O)N1CCN(c2ccc(-c3cnc(N4CCOCC4)c4nc(COc5ccc6ccccc6n5)cn34)cn2)CC1. The summed E-state index contributed by atoms with van der Waals surface area (Å²) in [5.74, 6) is 2.17. The van der Waals surface area contributed by atoms with Crippen LogP contribution in [0.4, 0.5) is 16.4 Å². The molecule has 6 heterocycles. The molecule has 5 aromatic rings. The number of carbonyl (C=O) groups is 1. The number of anilines is 2. The highest BCUT2D eigenvalue weighted by atomic mass is 16.5. The predicted octanol–water partition coefficient (Wildman–Crippen LogP) is 3.56. The van der Waals surface area contributed by atoms with Gasteiger partial charge in [0.1, 0.15) is 12.4 Å². The zero-order chi connectivity index (χ0) is 28.5. The van der Waals surface area contributed by atoms with Crippen molar-refractivity contribution in [3.8, 4) is 17.1 Å². The highest BCUT2D eigenvalue weighted by Crippen LogP contribution is 2.28. The van der Waals surface area contributed by atoms with E-state index in [-0.39, 0.29) is 6.61 Å². The molecule has 0 bridgehead atoms. The first kappa shape index (κ1) is 26.0. The summed E-state index contributed by atoms with van der Waals surface area (Å²) >= 11 is 0. The number of nitrogens with zero attached hydrogens (tertiary/aromatic N) is 8. The Labute approximate surface area is 241 Å². The monoisotopic (exact) mass is 566 g/mol. The molecule has 7 rings (SSSR count). The summed E-state index contributed by atoms with van der Waals surface area (Å²) in [5.41, 5.74) is 4.14. The fourth-order valence-corrected chi connectivity index (χ4v) is 5.42. The first-order chi connectivity index (χ1) is 20.6. The maximum Gasteiger partial charge on any atom is 0.407 e. The van der Waals surface area contributed by atoms with Crippen molar-refractivity contribution in [3.05, 3.63) is 72.8 Å². The van der Waals surface area contributed by atoms with Crippen LogP contribution in [0.1, 0.15) is 5.69 Å². The lowest BCUT2D eigenvalue weighted by molar-refractivity contribution is 0.122. The average molecular weight is 567 g/mol. The van der Waals surface area contributed by atoms with Crippen molar-refractivity contribution in [3.63, 3.8) is 0 Å². The number of fused-ring (bicyclic) bond motifs is 2. The largest absolute Gasteiger partial charge is 0.471 e. The Hall–Kier alpha value is -4.97. The Morgan fingerprint density at radius 2 is 1.71 bits per heavy atom. The van der Waals surface area contributed by atoms with Crippen LogP contribution in [0.5, 0.6) is 5.88 Å². The summed E-state index contributed by atoms with van der Waals surface area (Å²) in [7, 11) is 0. The summed E-state index contributed by atoms with van der Waals surface area (Å²) in [6.07, 6.45) is 4.79. The average Bonchev–Trinajstić information content (AvgIpc) is 3.48. The molecule has 1 N–H and O–H groups in total. The molecule has 4 aromatic heterocycles. The van der Waals surface area contributed by atoms with Crippen LogP contribution in [-0.4, -0.2) is 92.9 Å². The predicted molar refractivity (Wildman–Crippen MR) is 157 cm³/mol. The number of carboxylic acid groups (broad SMARTS) is 1. The van der Waals surface area contributed by atoms with E-state index in [2.05, 4.69) is 14.8 Å². The zero-order valence-corrected chi connectivity index (χ0v) is 23.0. The van der Waals surface area contributed by atoms with Crippen molar-refractivity contribution in [2.45, 2.75) is 6.61 Å². The minimum Gasteiger partial charge on any atom is -0.471 e. The van der Waals surface area contributed by atoms with Crippen LogP contribution in [0.25, 0.3) is 27.8 Å².